The molecule has 0 aliphatic heterocycles. The molecule has 0 atom stereocenters. The second-order valence-corrected chi connectivity index (χ2v) is 4.13. The minimum Gasteiger partial charge on any atom is -0.392 e. The Morgan fingerprint density at radius 2 is 2.06 bits per heavy atom. The molecule has 5 nitrogen and oxygen atoms in total. The Labute approximate surface area is 105 Å². The molecule has 0 unspecified atom stereocenters. The van der Waals surface area contributed by atoms with E-state index in [2.05, 4.69) is 5.10 Å². The molecule has 2 aromatic rings. The summed E-state index contributed by atoms with van der Waals surface area (Å²) in [5.74, 6) is -0.143. The van der Waals surface area contributed by atoms with Crippen LogP contribution in [0.3, 0.4) is 0 Å². The van der Waals surface area contributed by atoms with E-state index in [1.54, 1.807) is 31.0 Å². The lowest BCUT2D eigenvalue weighted by molar-refractivity contribution is 0.0821. The Morgan fingerprint density at radius 3 is 2.72 bits per heavy atom. The van der Waals surface area contributed by atoms with Crippen molar-refractivity contribution in [3.8, 4) is 5.69 Å². The molecular weight excluding hydrogens is 230 g/mol. The molecule has 18 heavy (non-hydrogen) atoms. The summed E-state index contributed by atoms with van der Waals surface area (Å²) in [6.45, 7) is -0.0625. The van der Waals surface area contributed by atoms with Crippen molar-refractivity contribution in [1.82, 2.24) is 14.7 Å². The Bertz CT molecular complexity index is 561. The number of hydrogen-bond acceptors (Lipinski definition) is 3. The Hall–Kier alpha value is -2.14. The highest BCUT2D eigenvalue weighted by Gasteiger charge is 2.12. The number of hydrogen-bond donors (Lipinski definition) is 1. The zero-order valence-electron chi connectivity index (χ0n) is 10.4. The van der Waals surface area contributed by atoms with Crippen molar-refractivity contribution in [3.05, 3.63) is 47.8 Å². The normalized spacial score (nSPS) is 10.4. The summed E-state index contributed by atoms with van der Waals surface area (Å²) < 4.78 is 1.60. The van der Waals surface area contributed by atoms with Crippen molar-refractivity contribution < 1.29 is 9.90 Å². The first kappa shape index (κ1) is 12.3. The molecule has 1 amide bonds. The van der Waals surface area contributed by atoms with Crippen LogP contribution in [0.1, 0.15) is 16.1 Å². The maximum absolute atomic E-state index is 11.7. The van der Waals surface area contributed by atoms with E-state index in [9.17, 15) is 9.90 Å². The lowest BCUT2D eigenvalue weighted by Gasteiger charge is -2.08. The first-order valence-corrected chi connectivity index (χ1v) is 5.60. The first-order chi connectivity index (χ1) is 8.63. The molecule has 0 bridgehead atoms. The summed E-state index contributed by atoms with van der Waals surface area (Å²) in [5.41, 5.74) is 1.93. The predicted molar refractivity (Wildman–Crippen MR) is 67.5 cm³/mol. The summed E-state index contributed by atoms with van der Waals surface area (Å²) in [4.78, 5) is 13.2. The number of para-hydroxylation sites is 1. The number of amides is 1. The van der Waals surface area contributed by atoms with Gasteiger partial charge in [0.05, 0.1) is 12.3 Å². The lowest BCUT2D eigenvalue weighted by atomic mass is 10.2. The van der Waals surface area contributed by atoms with Gasteiger partial charge in [0.25, 0.3) is 5.91 Å². The number of rotatable bonds is 3. The van der Waals surface area contributed by atoms with Crippen LogP contribution in [-0.2, 0) is 6.61 Å². The van der Waals surface area contributed by atoms with Crippen LogP contribution in [0.4, 0.5) is 0 Å². The number of benzene rings is 1. The fourth-order valence-electron chi connectivity index (χ4n) is 1.67. The molecule has 2 rings (SSSR count). The van der Waals surface area contributed by atoms with E-state index in [1.165, 1.54) is 4.90 Å². The third kappa shape index (κ3) is 2.26. The van der Waals surface area contributed by atoms with Crippen molar-refractivity contribution in [2.45, 2.75) is 6.61 Å². The van der Waals surface area contributed by atoms with Crippen LogP contribution >= 0.6 is 0 Å². The number of nitrogens with zero attached hydrogens (tertiary/aromatic N) is 3. The molecule has 0 aliphatic rings. The van der Waals surface area contributed by atoms with Gasteiger partial charge in [-0.2, -0.15) is 5.10 Å². The maximum atomic E-state index is 11.7. The average molecular weight is 245 g/mol. The fraction of sp³-hybridized carbons (Fsp3) is 0.231. The minimum absolute atomic E-state index is 0.0625. The molecule has 1 heterocycles. The third-order valence-corrected chi connectivity index (χ3v) is 2.62. The maximum Gasteiger partial charge on any atom is 0.273 e. The highest BCUT2D eigenvalue weighted by molar-refractivity contribution is 5.91. The Balaban J connectivity index is 2.38. The highest BCUT2D eigenvalue weighted by Crippen LogP contribution is 2.14. The molecule has 1 N–H and O–H groups in total. The molecule has 0 aliphatic carbocycles. The number of carbonyl (C=O) groups excluding carboxylic acids is 1. The van der Waals surface area contributed by atoms with E-state index in [1.807, 2.05) is 24.3 Å². The van der Waals surface area contributed by atoms with E-state index in [0.717, 1.165) is 11.3 Å². The zero-order valence-corrected chi connectivity index (χ0v) is 10.4. The van der Waals surface area contributed by atoms with E-state index in [-0.39, 0.29) is 12.5 Å². The second-order valence-electron chi connectivity index (χ2n) is 4.13. The molecule has 0 spiro atoms. The van der Waals surface area contributed by atoms with E-state index in [4.69, 9.17) is 0 Å². The van der Waals surface area contributed by atoms with Crippen molar-refractivity contribution in [3.63, 3.8) is 0 Å². The van der Waals surface area contributed by atoms with Gasteiger partial charge in [0, 0.05) is 25.9 Å². The SMILES string of the molecule is CN(C)C(=O)c1ccn(-c2ccccc2CO)n1. The van der Waals surface area contributed by atoms with E-state index in [0.29, 0.717) is 5.69 Å². The van der Waals surface area contributed by atoms with Gasteiger partial charge in [-0.3, -0.25) is 4.79 Å². The third-order valence-electron chi connectivity index (χ3n) is 2.62. The number of aliphatic hydroxyl groups is 1. The Kier molecular flexibility index (Phi) is 3.43. The van der Waals surface area contributed by atoms with Crippen LogP contribution in [0.5, 0.6) is 0 Å². The van der Waals surface area contributed by atoms with Crippen LogP contribution in [0.15, 0.2) is 36.5 Å². The summed E-state index contributed by atoms with van der Waals surface area (Å²) in [6, 6.07) is 9.05. The fourth-order valence-corrected chi connectivity index (χ4v) is 1.67. The smallest absolute Gasteiger partial charge is 0.273 e. The zero-order chi connectivity index (χ0) is 13.1. The summed E-state index contributed by atoms with van der Waals surface area (Å²) in [7, 11) is 3.37. The predicted octanol–water partition coefficient (Wildman–Crippen LogP) is 1.07. The van der Waals surface area contributed by atoms with Gasteiger partial charge in [0.15, 0.2) is 5.69 Å². The van der Waals surface area contributed by atoms with Crippen molar-refractivity contribution in [1.29, 1.82) is 0 Å². The van der Waals surface area contributed by atoms with Crippen molar-refractivity contribution >= 4 is 5.91 Å². The lowest BCUT2D eigenvalue weighted by Crippen LogP contribution is -2.22. The Morgan fingerprint density at radius 1 is 1.33 bits per heavy atom. The van der Waals surface area contributed by atoms with Gasteiger partial charge in [-0.15, -0.1) is 0 Å². The standard InChI is InChI=1S/C13H15N3O2/c1-15(2)13(18)11-7-8-16(14-11)12-6-4-3-5-10(12)9-17/h3-8,17H,9H2,1-2H3. The largest absolute Gasteiger partial charge is 0.392 e. The second kappa shape index (κ2) is 5.01. The van der Waals surface area contributed by atoms with E-state index >= 15 is 0 Å². The highest BCUT2D eigenvalue weighted by atomic mass is 16.3. The van der Waals surface area contributed by atoms with E-state index < -0.39 is 0 Å². The molecule has 1 aromatic heterocycles. The van der Waals surface area contributed by atoms with Crippen LogP contribution in [0, 0.1) is 0 Å². The molecule has 0 saturated heterocycles. The van der Waals surface area contributed by atoms with Crippen LogP contribution in [0.2, 0.25) is 0 Å². The van der Waals surface area contributed by atoms with Gasteiger partial charge in [-0.1, -0.05) is 18.2 Å². The molecule has 5 heteroatoms. The minimum atomic E-state index is -0.143. The average Bonchev–Trinajstić information content (AvgIpc) is 2.87. The number of aromatic nitrogens is 2. The summed E-state index contributed by atoms with van der Waals surface area (Å²) >= 11 is 0. The van der Waals surface area contributed by atoms with Gasteiger partial charge in [-0.05, 0) is 12.1 Å². The first-order valence-electron chi connectivity index (χ1n) is 5.60. The number of carbonyl (C=O) groups is 1. The van der Waals surface area contributed by atoms with Gasteiger partial charge in [-0.25, -0.2) is 4.68 Å². The van der Waals surface area contributed by atoms with Crippen LogP contribution < -0.4 is 0 Å². The molecule has 0 saturated carbocycles. The quantitative estimate of drug-likeness (QED) is 0.879. The van der Waals surface area contributed by atoms with Crippen molar-refractivity contribution in [2.75, 3.05) is 14.1 Å². The molecule has 0 radical (unpaired) electrons. The molecular formula is C13H15N3O2. The van der Waals surface area contributed by atoms with Crippen molar-refractivity contribution in [2.24, 2.45) is 0 Å². The van der Waals surface area contributed by atoms with Gasteiger partial charge < -0.3 is 10.0 Å². The topological polar surface area (TPSA) is 58.4 Å². The molecule has 0 fully saturated rings. The number of aliphatic hydroxyl groups excluding tert-OH is 1. The summed E-state index contributed by atoms with van der Waals surface area (Å²) in [5, 5.41) is 13.5. The van der Waals surface area contributed by atoms with Gasteiger partial charge in [0.2, 0.25) is 0 Å². The van der Waals surface area contributed by atoms with Crippen LogP contribution in [0.25, 0.3) is 5.69 Å². The van der Waals surface area contributed by atoms with Gasteiger partial charge >= 0.3 is 0 Å². The molecule has 94 valence electrons. The van der Waals surface area contributed by atoms with Crippen LogP contribution in [-0.4, -0.2) is 39.8 Å². The van der Waals surface area contributed by atoms with Gasteiger partial charge in [0.1, 0.15) is 0 Å². The molecule has 1 aromatic carbocycles. The monoisotopic (exact) mass is 245 g/mol. The summed E-state index contributed by atoms with van der Waals surface area (Å²) in [6.07, 6.45) is 1.71.